The van der Waals surface area contributed by atoms with Gasteiger partial charge in [-0.1, -0.05) is 0 Å². The highest BCUT2D eigenvalue weighted by Crippen LogP contribution is 2.35. The number of rotatable bonds is 8. The van der Waals surface area contributed by atoms with Gasteiger partial charge in [0.2, 0.25) is 0 Å². The number of ketones is 1. The van der Waals surface area contributed by atoms with Crippen LogP contribution in [0.2, 0.25) is 0 Å². The van der Waals surface area contributed by atoms with Gasteiger partial charge in [-0.15, -0.1) is 0 Å². The van der Waals surface area contributed by atoms with Crippen molar-refractivity contribution in [3.8, 4) is 23.0 Å². The Balaban J connectivity index is 2.15. The molecule has 0 spiro atoms. The monoisotopic (exact) mass is 438 g/mol. The molecule has 7 nitrogen and oxygen atoms in total. The Morgan fingerprint density at radius 1 is 0.815 bits per heavy atom. The van der Waals surface area contributed by atoms with E-state index in [-0.39, 0.29) is 17.1 Å². The van der Waals surface area contributed by atoms with Crippen LogP contribution in [0, 0.1) is 0 Å². The number of esters is 1. The van der Waals surface area contributed by atoms with Crippen molar-refractivity contribution in [2.24, 2.45) is 0 Å². The van der Waals surface area contributed by atoms with E-state index in [9.17, 15) is 9.59 Å². The van der Waals surface area contributed by atoms with E-state index in [1.165, 1.54) is 40.6 Å². The summed E-state index contributed by atoms with van der Waals surface area (Å²) in [6, 6.07) is 7.80. The van der Waals surface area contributed by atoms with Gasteiger partial charge in [0.25, 0.3) is 0 Å². The topological polar surface area (TPSA) is 80.3 Å². The van der Waals surface area contributed by atoms with Gasteiger partial charge in [-0.25, -0.2) is 4.79 Å². The minimum atomic E-state index is -0.714. The maximum absolute atomic E-state index is 12.4. The molecule has 2 aromatic rings. The predicted octanol–water partition coefficient (Wildman–Crippen LogP) is 3.52. The molecule has 2 rings (SSSR count). The summed E-state index contributed by atoms with van der Waals surface area (Å²) in [4.78, 5) is 24.7. The van der Waals surface area contributed by atoms with Crippen molar-refractivity contribution in [2.75, 3.05) is 35.0 Å². The highest BCUT2D eigenvalue weighted by molar-refractivity contribution is 9.10. The fraction of sp³-hybridized carbons (Fsp3) is 0.263. The number of hydrogen-bond acceptors (Lipinski definition) is 7. The first-order valence-corrected chi connectivity index (χ1v) is 8.58. The number of Topliss-reactive ketones (excluding diaryl/α,β-unsaturated/α-hetero) is 1. The van der Waals surface area contributed by atoms with E-state index in [2.05, 4.69) is 15.9 Å². The van der Waals surface area contributed by atoms with Gasteiger partial charge in [-0.2, -0.15) is 0 Å². The van der Waals surface area contributed by atoms with Gasteiger partial charge in [0.05, 0.1) is 32.9 Å². The Kier molecular flexibility index (Phi) is 7.06. The molecule has 0 aliphatic heterocycles. The van der Waals surface area contributed by atoms with Crippen molar-refractivity contribution in [1.29, 1.82) is 0 Å². The largest absolute Gasteiger partial charge is 0.496 e. The molecule has 0 bridgehead atoms. The number of benzene rings is 2. The number of halogens is 1. The highest BCUT2D eigenvalue weighted by atomic mass is 79.9. The van der Waals surface area contributed by atoms with Gasteiger partial charge < -0.3 is 23.7 Å². The zero-order valence-corrected chi connectivity index (χ0v) is 16.9. The lowest BCUT2D eigenvalue weighted by Gasteiger charge is -2.13. The van der Waals surface area contributed by atoms with Crippen LogP contribution < -0.4 is 18.9 Å². The lowest BCUT2D eigenvalue weighted by Crippen LogP contribution is -2.15. The number of carbonyl (C=O) groups excluding carboxylic acids is 2. The summed E-state index contributed by atoms with van der Waals surface area (Å²) in [6.45, 7) is -0.422. The number of ether oxygens (including phenoxy) is 5. The fourth-order valence-corrected chi connectivity index (χ4v) is 2.86. The van der Waals surface area contributed by atoms with Crippen molar-refractivity contribution in [3.05, 3.63) is 45.9 Å². The average Bonchev–Trinajstić information content (AvgIpc) is 2.70. The molecule has 27 heavy (non-hydrogen) atoms. The van der Waals surface area contributed by atoms with Crippen LogP contribution >= 0.6 is 15.9 Å². The van der Waals surface area contributed by atoms with Gasteiger partial charge in [0.15, 0.2) is 23.9 Å². The van der Waals surface area contributed by atoms with Crippen LogP contribution in [0.25, 0.3) is 0 Å². The second kappa shape index (κ2) is 9.27. The molecule has 0 heterocycles. The summed E-state index contributed by atoms with van der Waals surface area (Å²) < 4.78 is 26.5. The molecule has 8 heteroatoms. The Morgan fingerprint density at radius 2 is 1.41 bits per heavy atom. The summed E-state index contributed by atoms with van der Waals surface area (Å²) >= 11 is 3.31. The van der Waals surface area contributed by atoms with Gasteiger partial charge >= 0.3 is 5.97 Å². The first-order valence-electron chi connectivity index (χ1n) is 7.79. The summed E-state index contributed by atoms with van der Waals surface area (Å²) in [7, 11) is 5.86. The third-order valence-corrected chi connectivity index (χ3v) is 4.35. The maximum Gasteiger partial charge on any atom is 0.342 e. The van der Waals surface area contributed by atoms with Crippen molar-refractivity contribution in [3.63, 3.8) is 0 Å². The Morgan fingerprint density at radius 3 is 1.96 bits per heavy atom. The molecular formula is C19H19BrO7. The van der Waals surface area contributed by atoms with Crippen molar-refractivity contribution >= 4 is 27.7 Å². The summed E-state index contributed by atoms with van der Waals surface area (Å²) in [5.41, 5.74) is 0.508. The van der Waals surface area contributed by atoms with Crippen molar-refractivity contribution < 1.29 is 33.3 Å². The molecule has 0 saturated heterocycles. The molecule has 0 aliphatic rings. The van der Waals surface area contributed by atoms with E-state index in [4.69, 9.17) is 23.7 Å². The van der Waals surface area contributed by atoms with Gasteiger partial charge in [0.1, 0.15) is 17.1 Å². The highest BCUT2D eigenvalue weighted by Gasteiger charge is 2.20. The van der Waals surface area contributed by atoms with Gasteiger partial charge in [0, 0.05) is 17.7 Å². The van der Waals surface area contributed by atoms with Crippen LogP contribution in [0.3, 0.4) is 0 Å². The molecule has 0 atom stereocenters. The third kappa shape index (κ3) is 4.71. The summed E-state index contributed by atoms with van der Waals surface area (Å²) in [6.07, 6.45) is 0. The minimum Gasteiger partial charge on any atom is -0.496 e. The number of carbonyl (C=O) groups is 2. The lowest BCUT2D eigenvalue weighted by molar-refractivity contribution is 0.0471. The molecule has 0 fully saturated rings. The van der Waals surface area contributed by atoms with Crippen molar-refractivity contribution in [2.45, 2.75) is 0 Å². The van der Waals surface area contributed by atoms with Crippen LogP contribution in [0.5, 0.6) is 23.0 Å². The van der Waals surface area contributed by atoms with E-state index >= 15 is 0 Å². The zero-order chi connectivity index (χ0) is 20.0. The van der Waals surface area contributed by atoms with E-state index in [0.29, 0.717) is 27.3 Å². The first kappa shape index (κ1) is 20.6. The Bertz CT molecular complexity index is 848. The van der Waals surface area contributed by atoms with Crippen LogP contribution in [-0.2, 0) is 4.74 Å². The van der Waals surface area contributed by atoms with Gasteiger partial charge in [-0.05, 0) is 34.1 Å². The van der Waals surface area contributed by atoms with Crippen LogP contribution in [-0.4, -0.2) is 46.8 Å². The lowest BCUT2D eigenvalue weighted by atomic mass is 10.1. The predicted molar refractivity (Wildman–Crippen MR) is 101 cm³/mol. The van der Waals surface area contributed by atoms with Crippen LogP contribution in [0.4, 0.5) is 0 Å². The first-order chi connectivity index (χ1) is 12.9. The SMILES string of the molecule is COc1ccc(C(=O)COC(=O)c2cc(OC)c(OC)cc2OC)cc1Br. The Hall–Kier alpha value is -2.74. The molecule has 144 valence electrons. The quantitative estimate of drug-likeness (QED) is 0.460. The fourth-order valence-electron chi connectivity index (χ4n) is 2.32. The molecule has 0 aliphatic carbocycles. The molecular weight excluding hydrogens is 420 g/mol. The van der Waals surface area contributed by atoms with E-state index < -0.39 is 12.6 Å². The molecule has 0 saturated carbocycles. The molecule has 2 aromatic carbocycles. The minimum absolute atomic E-state index is 0.124. The van der Waals surface area contributed by atoms with E-state index in [1.807, 2.05) is 0 Å². The molecule has 0 aromatic heterocycles. The smallest absolute Gasteiger partial charge is 0.342 e. The molecule has 0 radical (unpaired) electrons. The van der Waals surface area contributed by atoms with Gasteiger partial charge in [-0.3, -0.25) is 4.79 Å². The molecule has 0 unspecified atom stereocenters. The standard InChI is InChI=1S/C19H19BrO7/c1-23-15-6-5-11(7-13(15)20)14(21)10-27-19(22)12-8-17(25-3)18(26-4)9-16(12)24-2/h5-9H,10H2,1-4H3. The van der Waals surface area contributed by atoms with E-state index in [0.717, 1.165) is 0 Å². The average molecular weight is 439 g/mol. The van der Waals surface area contributed by atoms with E-state index in [1.54, 1.807) is 18.2 Å². The number of hydrogen-bond donors (Lipinski definition) is 0. The van der Waals surface area contributed by atoms with Crippen molar-refractivity contribution in [1.82, 2.24) is 0 Å². The van der Waals surface area contributed by atoms with Crippen LogP contribution in [0.1, 0.15) is 20.7 Å². The molecule has 0 N–H and O–H groups in total. The second-order valence-corrected chi connectivity index (χ2v) is 6.11. The second-order valence-electron chi connectivity index (χ2n) is 5.26. The Labute approximate surface area is 165 Å². The zero-order valence-electron chi connectivity index (χ0n) is 15.3. The normalized spacial score (nSPS) is 10.1. The van der Waals surface area contributed by atoms with Crippen LogP contribution in [0.15, 0.2) is 34.8 Å². The summed E-state index contributed by atoms with van der Waals surface area (Å²) in [5, 5.41) is 0. The summed E-state index contributed by atoms with van der Waals surface area (Å²) in [5.74, 6) is 0.525. The number of methoxy groups -OCH3 is 4. The maximum atomic E-state index is 12.4. The molecule has 0 amide bonds. The third-order valence-electron chi connectivity index (χ3n) is 3.73.